The number of hydrogen-bond donors (Lipinski definition) is 2. The number of likely N-dealkylation sites (tertiary alicyclic amines) is 1. The molecular formula is C24H33N7O4. The Balaban J connectivity index is 1.60. The molecular weight excluding hydrogens is 450 g/mol. The summed E-state index contributed by atoms with van der Waals surface area (Å²) in [5, 5.41) is 6.66. The molecule has 1 aliphatic rings. The average molecular weight is 484 g/mol. The van der Waals surface area contributed by atoms with Gasteiger partial charge in [-0.3, -0.25) is 4.79 Å². The van der Waals surface area contributed by atoms with Gasteiger partial charge in [0.15, 0.2) is 28.5 Å². The maximum absolute atomic E-state index is 11.9. The van der Waals surface area contributed by atoms with Crippen LogP contribution in [-0.2, 0) is 4.79 Å². The number of hydrogen-bond acceptors (Lipinski definition) is 9. The topological polar surface area (TPSA) is 116 Å². The zero-order valence-electron chi connectivity index (χ0n) is 20.9. The van der Waals surface area contributed by atoms with E-state index in [0.29, 0.717) is 53.2 Å². The van der Waals surface area contributed by atoms with Crippen LogP contribution in [0.5, 0.6) is 17.2 Å². The van der Waals surface area contributed by atoms with Crippen LogP contribution in [0.4, 0.5) is 17.5 Å². The fourth-order valence-corrected chi connectivity index (χ4v) is 4.17. The van der Waals surface area contributed by atoms with E-state index in [0.717, 1.165) is 31.6 Å². The van der Waals surface area contributed by atoms with Crippen molar-refractivity contribution in [3.8, 4) is 17.2 Å². The Morgan fingerprint density at radius 1 is 1.09 bits per heavy atom. The van der Waals surface area contributed by atoms with E-state index in [1.165, 1.54) is 0 Å². The highest BCUT2D eigenvalue weighted by molar-refractivity contribution is 5.85. The predicted octanol–water partition coefficient (Wildman–Crippen LogP) is 3.60. The number of anilines is 3. The number of nitrogens with zero attached hydrogens (tertiary/aromatic N) is 5. The van der Waals surface area contributed by atoms with Crippen LogP contribution in [0, 0.1) is 0 Å². The molecule has 1 saturated heterocycles. The number of imidazole rings is 1. The fraction of sp³-hybridized carbons (Fsp3) is 0.500. The second-order valence-electron chi connectivity index (χ2n) is 8.62. The molecule has 4 rings (SSSR count). The minimum Gasteiger partial charge on any atom is -0.493 e. The number of amides is 1. The second-order valence-corrected chi connectivity index (χ2v) is 8.62. The first-order valence-electron chi connectivity index (χ1n) is 11.8. The van der Waals surface area contributed by atoms with Gasteiger partial charge in [-0.2, -0.15) is 9.97 Å². The molecule has 11 nitrogen and oxygen atoms in total. The zero-order valence-corrected chi connectivity index (χ0v) is 20.9. The van der Waals surface area contributed by atoms with Gasteiger partial charge in [-0.1, -0.05) is 0 Å². The highest BCUT2D eigenvalue weighted by Crippen LogP contribution is 2.40. The van der Waals surface area contributed by atoms with Gasteiger partial charge in [0.05, 0.1) is 27.7 Å². The third-order valence-corrected chi connectivity index (χ3v) is 5.97. The molecule has 2 aromatic heterocycles. The van der Waals surface area contributed by atoms with Gasteiger partial charge in [0.1, 0.15) is 0 Å². The van der Waals surface area contributed by atoms with E-state index >= 15 is 0 Å². The first-order valence-corrected chi connectivity index (χ1v) is 11.8. The number of carbonyl (C=O) groups is 1. The average Bonchev–Trinajstić information content (AvgIpc) is 3.47. The molecule has 0 atom stereocenters. The summed E-state index contributed by atoms with van der Waals surface area (Å²) in [5.41, 5.74) is 2.11. The van der Waals surface area contributed by atoms with Crippen LogP contribution in [0.1, 0.15) is 39.2 Å². The monoisotopic (exact) mass is 483 g/mol. The highest BCUT2D eigenvalue weighted by atomic mass is 16.5. The van der Waals surface area contributed by atoms with Gasteiger partial charge in [-0.05, 0) is 26.7 Å². The van der Waals surface area contributed by atoms with E-state index in [2.05, 4.69) is 29.5 Å². The van der Waals surface area contributed by atoms with Gasteiger partial charge >= 0.3 is 0 Å². The van der Waals surface area contributed by atoms with Crippen molar-refractivity contribution in [3.05, 3.63) is 18.5 Å². The predicted molar refractivity (Wildman–Crippen MR) is 134 cm³/mol. The summed E-state index contributed by atoms with van der Waals surface area (Å²) >= 11 is 0. The first-order chi connectivity index (χ1) is 16.9. The molecule has 11 heteroatoms. The van der Waals surface area contributed by atoms with Crippen molar-refractivity contribution in [1.29, 1.82) is 0 Å². The number of benzene rings is 1. The van der Waals surface area contributed by atoms with E-state index < -0.39 is 0 Å². The Bertz CT molecular complexity index is 1170. The number of aromatic nitrogens is 4. The Kier molecular flexibility index (Phi) is 7.42. The number of rotatable bonds is 11. The maximum Gasteiger partial charge on any atom is 0.231 e. The Morgan fingerprint density at radius 3 is 2.43 bits per heavy atom. The van der Waals surface area contributed by atoms with Crippen LogP contribution in [0.3, 0.4) is 0 Å². The first kappa shape index (κ1) is 24.4. The van der Waals surface area contributed by atoms with Crippen molar-refractivity contribution in [2.75, 3.05) is 51.6 Å². The van der Waals surface area contributed by atoms with E-state index in [1.807, 2.05) is 9.47 Å². The third-order valence-electron chi connectivity index (χ3n) is 5.97. The molecule has 35 heavy (non-hydrogen) atoms. The van der Waals surface area contributed by atoms with Crippen LogP contribution in [0.25, 0.3) is 11.2 Å². The van der Waals surface area contributed by atoms with Crippen LogP contribution >= 0.6 is 0 Å². The second kappa shape index (κ2) is 10.7. The van der Waals surface area contributed by atoms with Crippen molar-refractivity contribution in [2.24, 2.45) is 0 Å². The zero-order chi connectivity index (χ0) is 24.9. The molecule has 0 aliphatic carbocycles. The van der Waals surface area contributed by atoms with Gasteiger partial charge in [0.2, 0.25) is 17.6 Å². The van der Waals surface area contributed by atoms with Gasteiger partial charge in [-0.25, -0.2) is 4.98 Å². The maximum atomic E-state index is 11.9. The lowest BCUT2D eigenvalue weighted by Crippen LogP contribution is -2.27. The van der Waals surface area contributed by atoms with Crippen molar-refractivity contribution in [2.45, 2.75) is 39.2 Å². The van der Waals surface area contributed by atoms with Crippen LogP contribution in [0.15, 0.2) is 18.5 Å². The number of ether oxygens (including phenoxy) is 3. The fourth-order valence-electron chi connectivity index (χ4n) is 4.17. The lowest BCUT2D eigenvalue weighted by molar-refractivity contribution is -0.127. The number of carbonyl (C=O) groups excluding carboxylic acids is 1. The third kappa shape index (κ3) is 5.18. The summed E-state index contributed by atoms with van der Waals surface area (Å²) in [4.78, 5) is 27.8. The van der Waals surface area contributed by atoms with E-state index in [4.69, 9.17) is 24.2 Å². The molecule has 1 aromatic carbocycles. The molecule has 0 spiro atoms. The van der Waals surface area contributed by atoms with Crippen molar-refractivity contribution in [3.63, 3.8) is 0 Å². The summed E-state index contributed by atoms with van der Waals surface area (Å²) in [7, 11) is 4.71. The summed E-state index contributed by atoms with van der Waals surface area (Å²) in [5.74, 6) is 2.84. The Labute approximate surface area is 204 Å². The van der Waals surface area contributed by atoms with E-state index in [1.54, 1.807) is 39.8 Å². The summed E-state index contributed by atoms with van der Waals surface area (Å²) in [6, 6.07) is 3.78. The molecule has 0 unspecified atom stereocenters. The molecule has 2 N–H and O–H groups in total. The molecule has 188 valence electrons. The number of methoxy groups -OCH3 is 3. The Hall–Kier alpha value is -3.76. The van der Waals surface area contributed by atoms with Crippen LogP contribution in [-0.4, -0.2) is 71.3 Å². The highest BCUT2D eigenvalue weighted by Gasteiger charge is 2.20. The molecule has 1 amide bonds. The molecule has 0 saturated carbocycles. The molecule has 3 aromatic rings. The molecule has 1 fully saturated rings. The van der Waals surface area contributed by atoms with E-state index in [-0.39, 0.29) is 11.9 Å². The summed E-state index contributed by atoms with van der Waals surface area (Å²) in [6.07, 6.45) is 4.20. The quantitative estimate of drug-likeness (QED) is 0.395. The van der Waals surface area contributed by atoms with Crippen molar-refractivity contribution >= 4 is 34.5 Å². The minimum atomic E-state index is 0.179. The van der Waals surface area contributed by atoms with Crippen LogP contribution < -0.4 is 24.8 Å². The summed E-state index contributed by atoms with van der Waals surface area (Å²) in [6.45, 7) is 6.40. The standard InChI is InChI=1S/C24H33N7O4/c1-15(2)31-14-26-20-22(25-9-7-11-30-10-6-8-19(30)32)28-24(29-23(20)31)27-16-12-17(33-3)21(35-5)18(13-16)34-4/h12-15H,6-11H2,1-5H3,(H2,25,27,28,29). The lowest BCUT2D eigenvalue weighted by atomic mass is 10.2. The van der Waals surface area contributed by atoms with Crippen LogP contribution in [0.2, 0.25) is 0 Å². The van der Waals surface area contributed by atoms with E-state index in [9.17, 15) is 4.79 Å². The number of nitrogens with one attached hydrogen (secondary N) is 2. The Morgan fingerprint density at radius 2 is 1.83 bits per heavy atom. The summed E-state index contributed by atoms with van der Waals surface area (Å²) < 4.78 is 18.3. The molecule has 3 heterocycles. The molecule has 1 aliphatic heterocycles. The van der Waals surface area contributed by atoms with Gasteiger partial charge < -0.3 is 34.3 Å². The number of fused-ring (bicyclic) bond motifs is 1. The minimum absolute atomic E-state index is 0.179. The molecule has 0 bridgehead atoms. The lowest BCUT2D eigenvalue weighted by Gasteiger charge is -2.16. The van der Waals surface area contributed by atoms with Crippen molar-refractivity contribution < 1.29 is 19.0 Å². The smallest absolute Gasteiger partial charge is 0.231 e. The normalized spacial score (nSPS) is 13.5. The SMILES string of the molecule is COc1cc(Nc2nc(NCCCN3CCCC3=O)c3ncn(C(C)C)c3n2)cc(OC)c1OC. The largest absolute Gasteiger partial charge is 0.493 e. The molecule has 0 radical (unpaired) electrons. The van der Waals surface area contributed by atoms with Gasteiger partial charge in [0, 0.05) is 49.9 Å². The van der Waals surface area contributed by atoms with Gasteiger partial charge in [0.25, 0.3) is 0 Å². The van der Waals surface area contributed by atoms with Gasteiger partial charge in [-0.15, -0.1) is 0 Å². The van der Waals surface area contributed by atoms with Crippen molar-refractivity contribution in [1.82, 2.24) is 24.4 Å².